The Labute approximate surface area is 252 Å². The molecule has 9 heteroatoms. The van der Waals surface area contributed by atoms with E-state index < -0.39 is 6.04 Å². The molecule has 2 aliphatic carbocycles. The van der Waals surface area contributed by atoms with Crippen LogP contribution in [-0.2, 0) is 17.8 Å². The number of aromatic nitrogens is 4. The molecule has 1 saturated carbocycles. The highest BCUT2D eigenvalue weighted by atomic mass is 35.5. The number of fused-ring (bicyclic) bond motifs is 1. The summed E-state index contributed by atoms with van der Waals surface area (Å²) in [6, 6.07) is 17.7. The fourth-order valence-corrected chi connectivity index (χ4v) is 6.50. The number of anilines is 2. The van der Waals surface area contributed by atoms with Gasteiger partial charge in [-0.05, 0) is 60.4 Å². The predicted molar refractivity (Wildman–Crippen MR) is 167 cm³/mol. The monoisotopic (exact) mass is 583 g/mol. The van der Waals surface area contributed by atoms with Crippen molar-refractivity contribution >= 4 is 29.3 Å². The average molecular weight is 584 g/mol. The minimum Gasteiger partial charge on any atom is -0.358 e. The van der Waals surface area contributed by atoms with Gasteiger partial charge in [0.15, 0.2) is 0 Å². The highest BCUT2D eigenvalue weighted by Crippen LogP contribution is 2.31. The molecule has 0 bridgehead atoms. The van der Waals surface area contributed by atoms with E-state index >= 15 is 0 Å². The maximum atomic E-state index is 14.0. The Kier molecular flexibility index (Phi) is 8.99. The maximum absolute atomic E-state index is 14.0. The number of imidazole rings is 1. The number of carbonyl (C=O) groups is 1. The van der Waals surface area contributed by atoms with Crippen LogP contribution < -0.4 is 16.0 Å². The highest BCUT2D eigenvalue weighted by molar-refractivity contribution is 6.30. The molecular formula is C33H38ClN7O. The minimum atomic E-state index is -0.409. The summed E-state index contributed by atoms with van der Waals surface area (Å²) in [5.74, 6) is 2.26. The zero-order chi connectivity index (χ0) is 28.7. The van der Waals surface area contributed by atoms with Gasteiger partial charge in [-0.2, -0.15) is 9.97 Å². The minimum absolute atomic E-state index is 0.0264. The summed E-state index contributed by atoms with van der Waals surface area (Å²) >= 11 is 6.19. The molecule has 1 fully saturated rings. The van der Waals surface area contributed by atoms with E-state index in [0.29, 0.717) is 35.1 Å². The third-order valence-corrected chi connectivity index (χ3v) is 8.67. The first-order chi connectivity index (χ1) is 20.6. The van der Waals surface area contributed by atoms with Gasteiger partial charge in [-0.1, -0.05) is 80.1 Å². The van der Waals surface area contributed by atoms with Gasteiger partial charge < -0.3 is 16.0 Å². The van der Waals surface area contributed by atoms with E-state index in [4.69, 9.17) is 21.6 Å². The van der Waals surface area contributed by atoms with Crippen LogP contribution in [0.15, 0.2) is 73.3 Å². The summed E-state index contributed by atoms with van der Waals surface area (Å²) in [7, 11) is 0. The second-order valence-electron chi connectivity index (χ2n) is 11.5. The molecule has 42 heavy (non-hydrogen) atoms. The van der Waals surface area contributed by atoms with Crippen molar-refractivity contribution in [3.8, 4) is 5.82 Å². The zero-order valence-corrected chi connectivity index (χ0v) is 24.6. The number of halogens is 1. The number of amides is 1. The molecule has 2 unspecified atom stereocenters. The van der Waals surface area contributed by atoms with Crippen LogP contribution in [0.3, 0.4) is 0 Å². The van der Waals surface area contributed by atoms with Crippen LogP contribution in [0, 0.1) is 5.92 Å². The van der Waals surface area contributed by atoms with Gasteiger partial charge in [0.2, 0.25) is 11.9 Å². The molecule has 3 N–H and O–H groups in total. The number of nitrogens with zero attached hydrogens (tertiary/aromatic N) is 4. The van der Waals surface area contributed by atoms with Crippen LogP contribution in [-0.4, -0.2) is 31.5 Å². The first kappa shape index (κ1) is 28.2. The fraction of sp³-hybridized carbons (Fsp3) is 0.394. The van der Waals surface area contributed by atoms with Gasteiger partial charge in [-0.3, -0.25) is 9.36 Å². The smallest absolute Gasteiger partial charge is 0.243 e. The number of benzene rings is 2. The molecule has 0 radical (unpaired) electrons. The summed E-state index contributed by atoms with van der Waals surface area (Å²) in [5, 5.41) is 11.0. The predicted octanol–water partition coefficient (Wildman–Crippen LogP) is 6.87. The van der Waals surface area contributed by atoms with Crippen LogP contribution in [0.25, 0.3) is 5.82 Å². The molecule has 218 valence electrons. The summed E-state index contributed by atoms with van der Waals surface area (Å²) in [4.78, 5) is 27.7. The van der Waals surface area contributed by atoms with Gasteiger partial charge in [0, 0.05) is 30.0 Å². The van der Waals surface area contributed by atoms with Crippen molar-refractivity contribution in [2.45, 2.75) is 76.4 Å². The van der Waals surface area contributed by atoms with Gasteiger partial charge >= 0.3 is 0 Å². The highest BCUT2D eigenvalue weighted by Gasteiger charge is 2.29. The topological polar surface area (TPSA) is 96.8 Å². The Balaban J connectivity index is 1.25. The number of rotatable bonds is 10. The van der Waals surface area contributed by atoms with Crippen molar-refractivity contribution in [1.82, 2.24) is 24.8 Å². The normalized spacial score (nSPS) is 17.7. The molecule has 2 aromatic heterocycles. The third kappa shape index (κ3) is 7.10. The second kappa shape index (κ2) is 13.4. The molecule has 2 atom stereocenters. The summed E-state index contributed by atoms with van der Waals surface area (Å²) in [6.45, 7) is 0.514. The quantitative estimate of drug-likeness (QED) is 0.188. The van der Waals surface area contributed by atoms with Crippen molar-refractivity contribution in [2.24, 2.45) is 5.92 Å². The molecule has 0 spiro atoms. The number of hydrogen-bond acceptors (Lipinski definition) is 6. The average Bonchev–Trinajstić information content (AvgIpc) is 3.56. The zero-order valence-electron chi connectivity index (χ0n) is 23.8. The Hall–Kier alpha value is -3.91. The maximum Gasteiger partial charge on any atom is 0.243 e. The van der Waals surface area contributed by atoms with E-state index in [1.54, 1.807) is 12.5 Å². The largest absolute Gasteiger partial charge is 0.358 e. The van der Waals surface area contributed by atoms with Crippen LogP contribution in [0.5, 0.6) is 0 Å². The molecule has 0 saturated heterocycles. The van der Waals surface area contributed by atoms with E-state index in [-0.39, 0.29) is 11.9 Å². The molecular weight excluding hydrogens is 546 g/mol. The summed E-state index contributed by atoms with van der Waals surface area (Å²) in [6.07, 6.45) is 15.2. The fourth-order valence-electron chi connectivity index (χ4n) is 6.28. The van der Waals surface area contributed by atoms with Crippen molar-refractivity contribution in [3.63, 3.8) is 0 Å². The van der Waals surface area contributed by atoms with Crippen molar-refractivity contribution in [3.05, 3.63) is 95.0 Å². The van der Waals surface area contributed by atoms with Gasteiger partial charge in [0.1, 0.15) is 24.0 Å². The van der Waals surface area contributed by atoms with E-state index in [1.165, 1.54) is 30.4 Å². The van der Waals surface area contributed by atoms with E-state index in [9.17, 15) is 4.79 Å². The van der Waals surface area contributed by atoms with Crippen molar-refractivity contribution in [1.29, 1.82) is 0 Å². The van der Waals surface area contributed by atoms with Crippen molar-refractivity contribution < 1.29 is 4.79 Å². The summed E-state index contributed by atoms with van der Waals surface area (Å²) in [5.41, 5.74) is 3.60. The first-order valence-electron chi connectivity index (χ1n) is 15.1. The van der Waals surface area contributed by atoms with Gasteiger partial charge in [0.05, 0.1) is 6.04 Å². The second-order valence-corrected chi connectivity index (χ2v) is 11.9. The standard InChI is InChI=1S/C33H38ClN7O/c34-26-13-6-10-24(18-26)21-36-33-39-30(20-31(40-33)41-17-16-35-22-41)37-29(19-23-8-2-1-3-9-23)32(42)38-28-15-7-12-25-11-4-5-14-27(25)28/h4-6,10-11,13-14,16-18,20,22-23,28-29H,1-3,7-9,12,15,19,21H2,(H,38,42)(H2,36,37,39,40). The van der Waals surface area contributed by atoms with Crippen LogP contribution in [0.4, 0.5) is 11.8 Å². The first-order valence-corrected chi connectivity index (χ1v) is 15.5. The lowest BCUT2D eigenvalue weighted by atomic mass is 9.84. The SMILES string of the molecule is O=C(NC1CCCc2ccccc21)C(CC1CCCCC1)Nc1cc(-n2ccnc2)nc(NCc2cccc(Cl)c2)n1. The Morgan fingerprint density at radius 2 is 1.88 bits per heavy atom. The Bertz CT molecular complexity index is 1490. The molecule has 6 rings (SSSR count). The van der Waals surface area contributed by atoms with Crippen LogP contribution >= 0.6 is 11.6 Å². The lowest BCUT2D eigenvalue weighted by molar-refractivity contribution is -0.123. The molecule has 2 aromatic carbocycles. The molecule has 8 nitrogen and oxygen atoms in total. The Morgan fingerprint density at radius 1 is 1.00 bits per heavy atom. The molecule has 1 amide bonds. The van der Waals surface area contributed by atoms with Gasteiger partial charge in [-0.15, -0.1) is 0 Å². The number of carbonyl (C=O) groups excluding carboxylic acids is 1. The molecule has 4 aromatic rings. The Morgan fingerprint density at radius 3 is 2.71 bits per heavy atom. The van der Waals surface area contributed by atoms with E-state index in [0.717, 1.165) is 44.1 Å². The number of aryl methyl sites for hydroxylation is 1. The lowest BCUT2D eigenvalue weighted by Gasteiger charge is -2.31. The molecule has 0 aliphatic heterocycles. The van der Waals surface area contributed by atoms with Gasteiger partial charge in [0.25, 0.3) is 0 Å². The summed E-state index contributed by atoms with van der Waals surface area (Å²) < 4.78 is 1.84. The van der Waals surface area contributed by atoms with E-state index in [2.05, 4.69) is 45.2 Å². The number of nitrogens with one attached hydrogen (secondary N) is 3. The third-order valence-electron chi connectivity index (χ3n) is 8.44. The lowest BCUT2D eigenvalue weighted by Crippen LogP contribution is -2.43. The molecule has 2 heterocycles. The van der Waals surface area contributed by atoms with Crippen molar-refractivity contribution in [2.75, 3.05) is 10.6 Å². The van der Waals surface area contributed by atoms with Gasteiger partial charge in [-0.25, -0.2) is 4.98 Å². The number of hydrogen-bond donors (Lipinski definition) is 3. The molecule has 2 aliphatic rings. The van der Waals surface area contributed by atoms with Crippen LogP contribution in [0.1, 0.15) is 74.1 Å². The van der Waals surface area contributed by atoms with Crippen LogP contribution in [0.2, 0.25) is 5.02 Å². The van der Waals surface area contributed by atoms with E-state index in [1.807, 2.05) is 41.1 Å².